The van der Waals surface area contributed by atoms with E-state index in [0.717, 1.165) is 40.4 Å². The third kappa shape index (κ3) is 3.53. The van der Waals surface area contributed by atoms with Crippen LogP contribution in [-0.2, 0) is 4.79 Å². The van der Waals surface area contributed by atoms with Crippen LogP contribution in [0, 0.1) is 0 Å². The molecule has 1 atom stereocenters. The normalized spacial score (nSPS) is 20.0. The molecule has 0 spiro atoms. The van der Waals surface area contributed by atoms with Crippen LogP contribution in [0.15, 0.2) is 27.1 Å². The highest BCUT2D eigenvalue weighted by Crippen LogP contribution is 2.26. The first-order valence-corrected chi connectivity index (χ1v) is 7.25. The average molecular weight is 362 g/mol. The number of amides is 1. The fourth-order valence-corrected chi connectivity index (χ4v) is 3.03. The third-order valence-corrected chi connectivity index (χ3v) is 3.97. The van der Waals surface area contributed by atoms with Crippen molar-refractivity contribution in [3.63, 3.8) is 0 Å². The Labute approximate surface area is 118 Å². The first-order valence-electron chi connectivity index (χ1n) is 5.66. The van der Waals surface area contributed by atoms with Gasteiger partial charge in [0, 0.05) is 8.95 Å². The quantitative estimate of drug-likeness (QED) is 0.848. The van der Waals surface area contributed by atoms with Gasteiger partial charge in [-0.3, -0.25) is 4.79 Å². The van der Waals surface area contributed by atoms with E-state index in [1.807, 2.05) is 18.2 Å². The van der Waals surface area contributed by atoms with Gasteiger partial charge < -0.3 is 10.6 Å². The van der Waals surface area contributed by atoms with Crippen molar-refractivity contribution < 1.29 is 4.79 Å². The van der Waals surface area contributed by atoms with Gasteiger partial charge in [0.25, 0.3) is 0 Å². The summed E-state index contributed by atoms with van der Waals surface area (Å²) in [5.74, 6) is 0.0488. The summed E-state index contributed by atoms with van der Waals surface area (Å²) in [7, 11) is 0. The molecule has 0 aromatic heterocycles. The van der Waals surface area contributed by atoms with Crippen molar-refractivity contribution in [3.8, 4) is 0 Å². The zero-order valence-corrected chi connectivity index (χ0v) is 12.5. The van der Waals surface area contributed by atoms with Crippen molar-refractivity contribution in [2.24, 2.45) is 0 Å². The predicted octanol–water partition coefficient (Wildman–Crippen LogP) is 3.29. The van der Waals surface area contributed by atoms with Crippen LogP contribution in [0.5, 0.6) is 0 Å². The molecule has 2 N–H and O–H groups in total. The Morgan fingerprint density at radius 1 is 1.35 bits per heavy atom. The van der Waals surface area contributed by atoms with Crippen LogP contribution in [0.25, 0.3) is 0 Å². The lowest BCUT2D eigenvalue weighted by molar-refractivity contribution is -0.118. The lowest BCUT2D eigenvalue weighted by Crippen LogP contribution is -2.43. The highest BCUT2D eigenvalue weighted by Gasteiger charge is 2.20. The number of benzene rings is 1. The van der Waals surface area contributed by atoms with E-state index in [2.05, 4.69) is 42.5 Å². The second-order valence-corrected chi connectivity index (χ2v) is 5.89. The molecule has 2 rings (SSSR count). The largest absolute Gasteiger partial charge is 0.324 e. The summed E-state index contributed by atoms with van der Waals surface area (Å²) in [5, 5.41) is 6.17. The van der Waals surface area contributed by atoms with Crippen LogP contribution in [0.3, 0.4) is 0 Å². The second kappa shape index (κ2) is 5.98. The lowest BCUT2D eigenvalue weighted by atomic mass is 10.0. The molecule has 1 aromatic rings. The van der Waals surface area contributed by atoms with Gasteiger partial charge in [0.15, 0.2) is 0 Å². The third-order valence-electron chi connectivity index (χ3n) is 2.82. The van der Waals surface area contributed by atoms with Gasteiger partial charge in [0.05, 0.1) is 11.7 Å². The van der Waals surface area contributed by atoms with E-state index in [1.54, 1.807) is 0 Å². The van der Waals surface area contributed by atoms with E-state index in [9.17, 15) is 4.79 Å². The van der Waals surface area contributed by atoms with E-state index in [1.165, 1.54) is 0 Å². The molecular formula is C12H14Br2N2O. The summed E-state index contributed by atoms with van der Waals surface area (Å²) in [6, 6.07) is 5.66. The monoisotopic (exact) mass is 360 g/mol. The number of hydrogen-bond donors (Lipinski definition) is 2. The SMILES string of the molecule is O=C(Nc1ccc(Br)cc1Br)[C@H]1CCCCN1. The Morgan fingerprint density at radius 2 is 2.18 bits per heavy atom. The summed E-state index contributed by atoms with van der Waals surface area (Å²) in [6.45, 7) is 0.930. The second-order valence-electron chi connectivity index (χ2n) is 4.12. The number of nitrogens with one attached hydrogen (secondary N) is 2. The first-order chi connectivity index (χ1) is 8.16. The lowest BCUT2D eigenvalue weighted by Gasteiger charge is -2.22. The Kier molecular flexibility index (Phi) is 4.59. The van der Waals surface area contributed by atoms with Crippen molar-refractivity contribution in [2.45, 2.75) is 25.3 Å². The summed E-state index contributed by atoms with van der Waals surface area (Å²) in [4.78, 5) is 12.0. The minimum atomic E-state index is -0.0562. The molecule has 1 aromatic carbocycles. The molecule has 1 aliphatic rings. The van der Waals surface area contributed by atoms with Crippen LogP contribution in [-0.4, -0.2) is 18.5 Å². The van der Waals surface area contributed by atoms with E-state index < -0.39 is 0 Å². The molecular weight excluding hydrogens is 348 g/mol. The van der Waals surface area contributed by atoms with Gasteiger partial charge in [0.2, 0.25) is 5.91 Å². The molecule has 1 saturated heterocycles. The average Bonchev–Trinajstić information content (AvgIpc) is 2.34. The number of carbonyl (C=O) groups excluding carboxylic acids is 1. The maximum atomic E-state index is 12.0. The number of piperidine rings is 1. The van der Waals surface area contributed by atoms with Crippen molar-refractivity contribution >= 4 is 43.5 Å². The van der Waals surface area contributed by atoms with Crippen LogP contribution < -0.4 is 10.6 Å². The van der Waals surface area contributed by atoms with Crippen molar-refractivity contribution in [3.05, 3.63) is 27.1 Å². The number of halogens is 2. The summed E-state index contributed by atoms with van der Waals surface area (Å²) in [5.41, 5.74) is 0.811. The number of rotatable bonds is 2. The van der Waals surface area contributed by atoms with Gasteiger partial charge in [-0.2, -0.15) is 0 Å². The molecule has 1 aliphatic heterocycles. The van der Waals surface area contributed by atoms with E-state index in [4.69, 9.17) is 0 Å². The van der Waals surface area contributed by atoms with Gasteiger partial charge in [-0.15, -0.1) is 0 Å². The Morgan fingerprint density at radius 3 is 2.82 bits per heavy atom. The fraction of sp³-hybridized carbons (Fsp3) is 0.417. The van der Waals surface area contributed by atoms with Crippen LogP contribution >= 0.6 is 31.9 Å². The Hall–Kier alpha value is -0.390. The molecule has 5 heteroatoms. The molecule has 17 heavy (non-hydrogen) atoms. The molecule has 1 heterocycles. The van der Waals surface area contributed by atoms with Gasteiger partial charge in [-0.1, -0.05) is 22.4 Å². The topological polar surface area (TPSA) is 41.1 Å². The summed E-state index contributed by atoms with van der Waals surface area (Å²) >= 11 is 6.82. The van der Waals surface area contributed by atoms with Gasteiger partial charge in [0.1, 0.15) is 0 Å². The van der Waals surface area contributed by atoms with Crippen molar-refractivity contribution in [2.75, 3.05) is 11.9 Å². The van der Waals surface area contributed by atoms with Crippen LogP contribution in [0.1, 0.15) is 19.3 Å². The molecule has 3 nitrogen and oxygen atoms in total. The molecule has 0 aliphatic carbocycles. The highest BCUT2D eigenvalue weighted by molar-refractivity contribution is 9.11. The fourth-order valence-electron chi connectivity index (χ4n) is 1.89. The summed E-state index contributed by atoms with van der Waals surface area (Å²) in [6.07, 6.45) is 3.19. The highest BCUT2D eigenvalue weighted by atomic mass is 79.9. The number of hydrogen-bond acceptors (Lipinski definition) is 2. The smallest absolute Gasteiger partial charge is 0.241 e. The van der Waals surface area contributed by atoms with E-state index in [0.29, 0.717) is 0 Å². The maximum absolute atomic E-state index is 12.0. The molecule has 0 radical (unpaired) electrons. The van der Waals surface area contributed by atoms with Crippen molar-refractivity contribution in [1.82, 2.24) is 5.32 Å². The number of carbonyl (C=O) groups is 1. The predicted molar refractivity (Wildman–Crippen MR) is 76.1 cm³/mol. The number of anilines is 1. The van der Waals surface area contributed by atoms with Gasteiger partial charge >= 0.3 is 0 Å². The van der Waals surface area contributed by atoms with Gasteiger partial charge in [-0.05, 0) is 53.5 Å². The molecule has 0 bridgehead atoms. The van der Waals surface area contributed by atoms with E-state index >= 15 is 0 Å². The molecule has 92 valence electrons. The standard InChI is InChI=1S/C12H14Br2N2O/c13-8-4-5-10(9(14)7-8)16-12(17)11-3-1-2-6-15-11/h4-5,7,11,15H,1-3,6H2,(H,16,17)/t11-/m1/s1. The first kappa shape index (κ1) is 13.1. The molecule has 1 fully saturated rings. The van der Waals surface area contributed by atoms with Crippen LogP contribution in [0.4, 0.5) is 5.69 Å². The Bertz CT molecular complexity index is 417. The molecule has 0 unspecified atom stereocenters. The molecule has 1 amide bonds. The van der Waals surface area contributed by atoms with Crippen LogP contribution in [0.2, 0.25) is 0 Å². The zero-order valence-electron chi connectivity index (χ0n) is 9.30. The van der Waals surface area contributed by atoms with Gasteiger partial charge in [-0.25, -0.2) is 0 Å². The minimum Gasteiger partial charge on any atom is -0.324 e. The van der Waals surface area contributed by atoms with Crippen molar-refractivity contribution in [1.29, 1.82) is 0 Å². The maximum Gasteiger partial charge on any atom is 0.241 e. The van der Waals surface area contributed by atoms with E-state index in [-0.39, 0.29) is 11.9 Å². The Balaban J connectivity index is 2.02. The molecule has 0 saturated carbocycles. The zero-order chi connectivity index (χ0) is 12.3. The summed E-state index contributed by atoms with van der Waals surface area (Å²) < 4.78 is 1.87. The minimum absolute atomic E-state index is 0.0488.